The van der Waals surface area contributed by atoms with E-state index in [0.717, 1.165) is 18.5 Å². The Hall–Kier alpha value is -1.96. The highest BCUT2D eigenvalue weighted by Gasteiger charge is 2.27. The first kappa shape index (κ1) is 15.9. The minimum Gasteiger partial charge on any atom is -0.384 e. The molecule has 2 N–H and O–H groups in total. The van der Waals surface area contributed by atoms with Crippen molar-refractivity contribution in [1.29, 1.82) is 0 Å². The van der Waals surface area contributed by atoms with Gasteiger partial charge in [0, 0.05) is 18.9 Å². The van der Waals surface area contributed by atoms with E-state index in [4.69, 9.17) is 0 Å². The van der Waals surface area contributed by atoms with Gasteiger partial charge in [0.2, 0.25) is 10.0 Å². The van der Waals surface area contributed by atoms with Crippen LogP contribution in [0.4, 0.5) is 0 Å². The summed E-state index contributed by atoms with van der Waals surface area (Å²) in [5.41, 5.74) is -0.317. The van der Waals surface area contributed by atoms with Crippen molar-refractivity contribution in [1.82, 2.24) is 14.5 Å². The topological polar surface area (TPSA) is 84.2 Å². The number of hydrogen-bond donors (Lipinski definition) is 2. The predicted molar refractivity (Wildman–Crippen MR) is 86.7 cm³/mol. The smallest absolute Gasteiger partial charge is 0.240 e. The Morgan fingerprint density at radius 2 is 2.09 bits per heavy atom. The van der Waals surface area contributed by atoms with E-state index in [2.05, 4.69) is 9.82 Å². The first-order valence-electron chi connectivity index (χ1n) is 7.48. The SMILES string of the molecule is O=S(=O)(NCC1(O)C=CCCC1)c1ccc(-n2cccn2)cc1. The molecule has 0 aliphatic heterocycles. The highest BCUT2D eigenvalue weighted by molar-refractivity contribution is 7.89. The molecule has 2 aromatic rings. The summed E-state index contributed by atoms with van der Waals surface area (Å²) < 4.78 is 28.8. The molecule has 0 saturated carbocycles. The average Bonchev–Trinajstić information content (AvgIpc) is 3.09. The van der Waals surface area contributed by atoms with Crippen LogP contribution in [0.5, 0.6) is 0 Å². The molecule has 0 fully saturated rings. The molecule has 1 heterocycles. The number of sulfonamides is 1. The molecular formula is C16H19N3O3S. The van der Waals surface area contributed by atoms with Gasteiger partial charge >= 0.3 is 0 Å². The summed E-state index contributed by atoms with van der Waals surface area (Å²) in [6.07, 6.45) is 9.34. The van der Waals surface area contributed by atoms with E-state index >= 15 is 0 Å². The Balaban J connectivity index is 1.72. The fourth-order valence-electron chi connectivity index (χ4n) is 2.56. The molecule has 0 amide bonds. The summed E-state index contributed by atoms with van der Waals surface area (Å²) in [5, 5.41) is 14.4. The third-order valence-corrected chi connectivity index (χ3v) is 5.31. The second kappa shape index (κ2) is 6.27. The summed E-state index contributed by atoms with van der Waals surface area (Å²) in [6, 6.07) is 8.23. The normalized spacial score (nSPS) is 21.4. The number of rotatable bonds is 5. The van der Waals surface area contributed by atoms with E-state index in [1.165, 1.54) is 12.1 Å². The molecule has 1 aromatic heterocycles. The van der Waals surface area contributed by atoms with Gasteiger partial charge in [-0.15, -0.1) is 0 Å². The molecule has 7 heteroatoms. The Labute approximate surface area is 135 Å². The van der Waals surface area contributed by atoms with Crippen LogP contribution in [0.25, 0.3) is 5.69 Å². The van der Waals surface area contributed by atoms with E-state index < -0.39 is 15.6 Å². The third kappa shape index (κ3) is 3.69. The molecule has 0 bridgehead atoms. The lowest BCUT2D eigenvalue weighted by Crippen LogP contribution is -2.42. The molecule has 122 valence electrons. The lowest BCUT2D eigenvalue weighted by molar-refractivity contribution is 0.0797. The number of benzene rings is 1. The maximum atomic E-state index is 12.3. The van der Waals surface area contributed by atoms with Crippen molar-refractivity contribution >= 4 is 10.0 Å². The van der Waals surface area contributed by atoms with Gasteiger partial charge in [0.15, 0.2) is 0 Å². The predicted octanol–water partition coefficient (Wildman–Crippen LogP) is 1.62. The Kier molecular flexibility index (Phi) is 4.34. The largest absolute Gasteiger partial charge is 0.384 e. The van der Waals surface area contributed by atoms with Crippen molar-refractivity contribution in [2.75, 3.05) is 6.54 Å². The van der Waals surface area contributed by atoms with Crippen LogP contribution in [-0.4, -0.2) is 35.5 Å². The summed E-state index contributed by atoms with van der Waals surface area (Å²) in [4.78, 5) is 0.164. The number of nitrogens with zero attached hydrogens (tertiary/aromatic N) is 2. The zero-order chi connectivity index (χ0) is 16.3. The van der Waals surface area contributed by atoms with Crippen LogP contribution in [-0.2, 0) is 10.0 Å². The van der Waals surface area contributed by atoms with Gasteiger partial charge in [-0.05, 0) is 49.6 Å². The highest BCUT2D eigenvalue weighted by atomic mass is 32.2. The van der Waals surface area contributed by atoms with Crippen molar-refractivity contribution in [2.45, 2.75) is 29.8 Å². The minimum absolute atomic E-state index is 0.0211. The lowest BCUT2D eigenvalue weighted by Gasteiger charge is -2.27. The Morgan fingerprint density at radius 3 is 2.70 bits per heavy atom. The molecule has 23 heavy (non-hydrogen) atoms. The Bertz CT molecular complexity index is 782. The molecule has 1 aromatic carbocycles. The van der Waals surface area contributed by atoms with Crippen LogP contribution in [0.3, 0.4) is 0 Å². The standard InChI is InChI=1S/C16H19N3O3S/c20-16(9-2-1-3-10-16)13-18-23(21,22)15-7-5-14(6-8-15)19-12-4-11-17-19/h2,4-9,11-12,18,20H,1,3,10,13H2. The maximum absolute atomic E-state index is 12.3. The van der Waals surface area contributed by atoms with Gasteiger partial charge in [-0.3, -0.25) is 0 Å². The van der Waals surface area contributed by atoms with Gasteiger partial charge in [-0.2, -0.15) is 5.10 Å². The fraction of sp³-hybridized carbons (Fsp3) is 0.312. The third-order valence-electron chi connectivity index (χ3n) is 3.89. The van der Waals surface area contributed by atoms with Gasteiger partial charge in [-0.1, -0.05) is 12.2 Å². The summed E-state index contributed by atoms with van der Waals surface area (Å²) in [6.45, 7) is -0.0211. The fourth-order valence-corrected chi connectivity index (χ4v) is 3.66. The van der Waals surface area contributed by atoms with E-state index in [0.29, 0.717) is 6.42 Å². The molecule has 1 aliphatic rings. The Morgan fingerprint density at radius 1 is 1.30 bits per heavy atom. The van der Waals surface area contributed by atoms with Crippen molar-refractivity contribution in [3.05, 3.63) is 54.9 Å². The number of aliphatic hydroxyl groups is 1. The van der Waals surface area contributed by atoms with Crippen LogP contribution >= 0.6 is 0 Å². The average molecular weight is 333 g/mol. The number of allylic oxidation sites excluding steroid dienone is 1. The van der Waals surface area contributed by atoms with Crippen LogP contribution in [0.15, 0.2) is 59.8 Å². The summed E-state index contributed by atoms with van der Waals surface area (Å²) in [7, 11) is -3.66. The van der Waals surface area contributed by atoms with Gasteiger partial charge in [-0.25, -0.2) is 17.8 Å². The second-order valence-corrected chi connectivity index (χ2v) is 7.43. The number of hydrogen-bond acceptors (Lipinski definition) is 4. The summed E-state index contributed by atoms with van der Waals surface area (Å²) >= 11 is 0. The molecule has 0 spiro atoms. The zero-order valence-electron chi connectivity index (χ0n) is 12.6. The van der Waals surface area contributed by atoms with Crippen molar-refractivity contribution < 1.29 is 13.5 Å². The lowest BCUT2D eigenvalue weighted by atomic mass is 9.91. The van der Waals surface area contributed by atoms with Crippen LogP contribution < -0.4 is 4.72 Å². The van der Waals surface area contributed by atoms with Gasteiger partial charge in [0.05, 0.1) is 16.2 Å². The molecule has 3 rings (SSSR count). The molecule has 1 unspecified atom stereocenters. The van der Waals surface area contributed by atoms with Gasteiger partial charge in [0.25, 0.3) is 0 Å². The van der Waals surface area contributed by atoms with E-state index in [-0.39, 0.29) is 11.4 Å². The second-order valence-electron chi connectivity index (χ2n) is 5.67. The maximum Gasteiger partial charge on any atom is 0.240 e. The molecular weight excluding hydrogens is 314 g/mol. The highest BCUT2D eigenvalue weighted by Crippen LogP contribution is 2.22. The van der Waals surface area contributed by atoms with Crippen LogP contribution in [0, 0.1) is 0 Å². The monoisotopic (exact) mass is 333 g/mol. The van der Waals surface area contributed by atoms with E-state index in [1.54, 1.807) is 41.4 Å². The molecule has 0 saturated heterocycles. The summed E-state index contributed by atoms with van der Waals surface area (Å²) in [5.74, 6) is 0. The van der Waals surface area contributed by atoms with Gasteiger partial charge in [0.1, 0.15) is 0 Å². The molecule has 6 nitrogen and oxygen atoms in total. The van der Waals surface area contributed by atoms with Crippen molar-refractivity contribution in [3.8, 4) is 5.69 Å². The van der Waals surface area contributed by atoms with Crippen LogP contribution in [0.1, 0.15) is 19.3 Å². The number of nitrogens with one attached hydrogen (secondary N) is 1. The van der Waals surface area contributed by atoms with Crippen molar-refractivity contribution in [2.24, 2.45) is 0 Å². The van der Waals surface area contributed by atoms with Gasteiger partial charge < -0.3 is 5.11 Å². The molecule has 0 radical (unpaired) electrons. The molecule has 1 aliphatic carbocycles. The molecule has 1 atom stereocenters. The van der Waals surface area contributed by atoms with Crippen LogP contribution in [0.2, 0.25) is 0 Å². The first-order chi connectivity index (χ1) is 11.0. The minimum atomic E-state index is -3.66. The number of aromatic nitrogens is 2. The van der Waals surface area contributed by atoms with Crippen molar-refractivity contribution in [3.63, 3.8) is 0 Å². The van der Waals surface area contributed by atoms with E-state index in [9.17, 15) is 13.5 Å². The zero-order valence-corrected chi connectivity index (χ0v) is 13.4. The first-order valence-corrected chi connectivity index (χ1v) is 8.97. The van der Waals surface area contributed by atoms with E-state index in [1.807, 2.05) is 6.08 Å². The quantitative estimate of drug-likeness (QED) is 0.815.